The van der Waals surface area contributed by atoms with E-state index in [4.69, 9.17) is 11.1 Å². The number of aliphatic hydroxyl groups is 2. The Morgan fingerprint density at radius 2 is 2.00 bits per heavy atom. The highest BCUT2D eigenvalue weighted by Crippen LogP contribution is 2.16. The van der Waals surface area contributed by atoms with Gasteiger partial charge in [-0.25, -0.2) is 9.26 Å². The second-order valence-electron chi connectivity index (χ2n) is 7.24. The molecule has 0 saturated carbocycles. The summed E-state index contributed by atoms with van der Waals surface area (Å²) in [5.74, 6) is -1.39. The SMILES string of the molecule is C[C@@H](NC(=O)[C@H](O)[C@@H](O)C(=O)N1CC[N+](C=N)=C(N)C1)c1ccc(-n2cccn2)cc1. The van der Waals surface area contributed by atoms with E-state index in [1.807, 2.05) is 36.5 Å². The van der Waals surface area contributed by atoms with E-state index in [0.717, 1.165) is 17.6 Å². The van der Waals surface area contributed by atoms with E-state index in [0.29, 0.717) is 6.54 Å². The number of nitrogens with zero attached hydrogens (tertiary/aromatic N) is 4. The first-order valence-electron chi connectivity index (χ1n) is 9.75. The van der Waals surface area contributed by atoms with Crippen LogP contribution in [0.2, 0.25) is 0 Å². The monoisotopic (exact) mass is 428 g/mol. The van der Waals surface area contributed by atoms with E-state index in [1.54, 1.807) is 17.8 Å². The van der Waals surface area contributed by atoms with Crippen molar-refractivity contribution in [1.82, 2.24) is 20.0 Å². The molecule has 1 aliphatic heterocycles. The maximum Gasteiger partial charge on any atom is 0.255 e. The number of rotatable bonds is 7. The molecule has 6 N–H and O–H groups in total. The lowest BCUT2D eigenvalue weighted by atomic mass is 10.1. The Kier molecular flexibility index (Phi) is 6.78. The van der Waals surface area contributed by atoms with Gasteiger partial charge in [-0.1, -0.05) is 12.1 Å². The molecule has 3 atom stereocenters. The maximum atomic E-state index is 12.5. The fourth-order valence-corrected chi connectivity index (χ4v) is 3.26. The molecular weight excluding hydrogens is 402 g/mol. The lowest BCUT2D eigenvalue weighted by molar-refractivity contribution is -0.409. The van der Waals surface area contributed by atoms with Gasteiger partial charge in [0.25, 0.3) is 11.8 Å². The van der Waals surface area contributed by atoms with Crippen molar-refractivity contribution in [3.63, 3.8) is 0 Å². The molecule has 2 aromatic rings. The standard InChI is InChI=1S/C20H25N7O4/c1-13(14-3-5-15(6-4-14)27-8-2-7-23-27)24-19(30)17(28)18(29)20(31)25-9-10-26(12-21)16(22)11-25/h2-8,12-13,17-18,21-22,28-29H,9-11H2,1H3,(H,24,30)/p+1/t13-,17-,18-/m1/s1. The van der Waals surface area contributed by atoms with Crippen molar-refractivity contribution < 1.29 is 24.4 Å². The first-order chi connectivity index (χ1) is 14.8. The Balaban J connectivity index is 1.58. The van der Waals surface area contributed by atoms with Gasteiger partial charge in [0.15, 0.2) is 12.2 Å². The molecule has 0 radical (unpaired) electrons. The Morgan fingerprint density at radius 1 is 1.29 bits per heavy atom. The van der Waals surface area contributed by atoms with Gasteiger partial charge in [0, 0.05) is 12.4 Å². The summed E-state index contributed by atoms with van der Waals surface area (Å²) in [7, 11) is 0. The fourth-order valence-electron chi connectivity index (χ4n) is 3.26. The number of nitrogens with two attached hydrogens (primary N) is 1. The molecule has 1 aliphatic rings. The summed E-state index contributed by atoms with van der Waals surface area (Å²) in [4.78, 5) is 26.1. The van der Waals surface area contributed by atoms with E-state index in [9.17, 15) is 19.8 Å². The molecule has 1 aromatic heterocycles. The number of carbonyl (C=O) groups excluding carboxylic acids is 2. The summed E-state index contributed by atoms with van der Waals surface area (Å²) in [5, 5.41) is 34.4. The van der Waals surface area contributed by atoms with Crippen LogP contribution in [0.1, 0.15) is 18.5 Å². The molecule has 0 bridgehead atoms. The third-order valence-electron chi connectivity index (χ3n) is 5.14. The van der Waals surface area contributed by atoms with Crippen LogP contribution in [-0.4, -0.2) is 85.3 Å². The molecule has 3 rings (SSSR count). The Hall–Kier alpha value is -3.57. The topological polar surface area (TPSA) is 161 Å². The Labute approximate surface area is 178 Å². The Morgan fingerprint density at radius 3 is 2.58 bits per heavy atom. The lowest BCUT2D eigenvalue weighted by Gasteiger charge is -2.29. The van der Waals surface area contributed by atoms with E-state index in [-0.39, 0.29) is 18.9 Å². The number of benzene rings is 1. The highest BCUT2D eigenvalue weighted by Gasteiger charge is 2.35. The van der Waals surface area contributed by atoms with Crippen LogP contribution in [0.3, 0.4) is 0 Å². The number of hydrogen-bond donors (Lipinski definition) is 5. The number of hydrogen-bond acceptors (Lipinski definition) is 7. The first kappa shape index (κ1) is 22.1. The Bertz CT molecular complexity index is 972. The third kappa shape index (κ3) is 4.95. The molecule has 0 aliphatic carbocycles. The molecule has 0 spiro atoms. The zero-order chi connectivity index (χ0) is 22.5. The molecule has 2 heterocycles. The van der Waals surface area contributed by atoms with Gasteiger partial charge < -0.3 is 26.2 Å². The number of aliphatic hydroxyl groups excluding tert-OH is 2. The predicted octanol–water partition coefficient (Wildman–Crippen LogP) is -1.41. The predicted molar refractivity (Wildman–Crippen MR) is 112 cm³/mol. The van der Waals surface area contributed by atoms with Crippen molar-refractivity contribution >= 4 is 24.0 Å². The number of amidine groups is 1. The maximum absolute atomic E-state index is 12.5. The summed E-state index contributed by atoms with van der Waals surface area (Å²) in [6.07, 6.45) is 0.684. The van der Waals surface area contributed by atoms with Crippen molar-refractivity contribution in [2.45, 2.75) is 25.2 Å². The van der Waals surface area contributed by atoms with Crippen LogP contribution in [0.4, 0.5) is 0 Å². The molecule has 1 aromatic carbocycles. The van der Waals surface area contributed by atoms with Crippen LogP contribution in [0.15, 0.2) is 42.7 Å². The third-order valence-corrected chi connectivity index (χ3v) is 5.14. The lowest BCUT2D eigenvalue weighted by Crippen LogP contribution is -2.56. The molecule has 2 amide bonds. The minimum atomic E-state index is -1.93. The van der Waals surface area contributed by atoms with Crippen LogP contribution in [0, 0.1) is 5.41 Å². The van der Waals surface area contributed by atoms with Crippen LogP contribution in [0.25, 0.3) is 5.69 Å². The number of aromatic nitrogens is 2. The van der Waals surface area contributed by atoms with Gasteiger partial charge >= 0.3 is 0 Å². The average Bonchev–Trinajstić information content (AvgIpc) is 3.32. The minimum Gasteiger partial charge on any atom is -0.380 e. The van der Waals surface area contributed by atoms with Crippen molar-refractivity contribution in [2.24, 2.45) is 5.73 Å². The summed E-state index contributed by atoms with van der Waals surface area (Å²) in [6.45, 7) is 2.23. The highest BCUT2D eigenvalue weighted by atomic mass is 16.3. The molecular formula is C20H26N7O4+. The molecule has 0 unspecified atom stereocenters. The van der Waals surface area contributed by atoms with Crippen LogP contribution >= 0.6 is 0 Å². The normalized spacial score (nSPS) is 17.1. The van der Waals surface area contributed by atoms with Gasteiger partial charge in [-0.15, -0.1) is 0 Å². The van der Waals surface area contributed by atoms with Crippen LogP contribution in [-0.2, 0) is 9.59 Å². The zero-order valence-corrected chi connectivity index (χ0v) is 17.0. The van der Waals surface area contributed by atoms with E-state index >= 15 is 0 Å². The van der Waals surface area contributed by atoms with Gasteiger partial charge in [-0.2, -0.15) is 10.5 Å². The van der Waals surface area contributed by atoms with Crippen molar-refractivity contribution in [3.8, 4) is 5.69 Å². The van der Waals surface area contributed by atoms with Gasteiger partial charge in [0.1, 0.15) is 6.54 Å². The summed E-state index contributed by atoms with van der Waals surface area (Å²) >= 11 is 0. The smallest absolute Gasteiger partial charge is 0.255 e. The summed E-state index contributed by atoms with van der Waals surface area (Å²) < 4.78 is 3.17. The molecule has 0 fully saturated rings. The van der Waals surface area contributed by atoms with Crippen LogP contribution < -0.4 is 11.1 Å². The van der Waals surface area contributed by atoms with E-state index < -0.39 is 30.1 Å². The quantitative estimate of drug-likeness (QED) is 0.207. The largest absolute Gasteiger partial charge is 0.380 e. The first-order valence-corrected chi connectivity index (χ1v) is 9.75. The highest BCUT2D eigenvalue weighted by molar-refractivity contribution is 5.93. The van der Waals surface area contributed by atoms with Crippen LogP contribution in [0.5, 0.6) is 0 Å². The second kappa shape index (κ2) is 9.49. The second-order valence-corrected chi connectivity index (χ2v) is 7.24. The van der Waals surface area contributed by atoms with Gasteiger partial charge in [-0.3, -0.25) is 9.59 Å². The number of amides is 2. The van der Waals surface area contributed by atoms with Crippen molar-refractivity contribution in [3.05, 3.63) is 48.3 Å². The molecule has 164 valence electrons. The molecule has 11 heteroatoms. The van der Waals surface area contributed by atoms with E-state index in [2.05, 4.69) is 10.4 Å². The van der Waals surface area contributed by atoms with Gasteiger partial charge in [0.2, 0.25) is 12.2 Å². The minimum absolute atomic E-state index is 0.00137. The summed E-state index contributed by atoms with van der Waals surface area (Å²) in [5.41, 5.74) is 7.43. The molecule has 31 heavy (non-hydrogen) atoms. The fraction of sp³-hybridized carbons (Fsp3) is 0.350. The molecule has 0 saturated heterocycles. The summed E-state index contributed by atoms with van der Waals surface area (Å²) in [6, 6.07) is 8.67. The van der Waals surface area contributed by atoms with Gasteiger partial charge in [0.05, 0.1) is 24.8 Å². The zero-order valence-electron chi connectivity index (χ0n) is 17.0. The number of nitrogens with one attached hydrogen (secondary N) is 2. The molecule has 11 nitrogen and oxygen atoms in total. The average molecular weight is 428 g/mol. The van der Waals surface area contributed by atoms with E-state index in [1.165, 1.54) is 9.48 Å². The number of carbonyl (C=O) groups is 2. The van der Waals surface area contributed by atoms with Crippen molar-refractivity contribution in [2.75, 3.05) is 19.6 Å². The van der Waals surface area contributed by atoms with Gasteiger partial charge in [-0.05, 0) is 30.7 Å². The van der Waals surface area contributed by atoms with Crippen molar-refractivity contribution in [1.29, 1.82) is 5.41 Å².